The molecule has 1 unspecified atom stereocenters. The van der Waals surface area contributed by atoms with Crippen LogP contribution in [0.3, 0.4) is 0 Å². The third kappa shape index (κ3) is 2.92. The van der Waals surface area contributed by atoms with E-state index in [-0.39, 0.29) is 17.9 Å². The summed E-state index contributed by atoms with van der Waals surface area (Å²) < 4.78 is 0. The number of nitrogens with one attached hydrogen (secondary N) is 2. The molecule has 0 bridgehead atoms. The number of carbonyl (C=O) groups excluding carboxylic acids is 2. The number of nitrogens with zero attached hydrogens (tertiary/aromatic N) is 1. The Balaban J connectivity index is 2.52. The van der Waals surface area contributed by atoms with Crippen molar-refractivity contribution in [3.8, 4) is 0 Å². The fraction of sp³-hybridized carbons (Fsp3) is 0.800. The molecule has 0 aromatic heterocycles. The Morgan fingerprint density at radius 3 is 2.80 bits per heavy atom. The van der Waals surface area contributed by atoms with E-state index in [0.717, 1.165) is 19.4 Å². The molecule has 1 heterocycles. The molecule has 1 rings (SSSR count). The lowest BCUT2D eigenvalue weighted by Crippen LogP contribution is -2.47. The summed E-state index contributed by atoms with van der Waals surface area (Å²) in [5.74, 6) is -0.0414. The van der Waals surface area contributed by atoms with Crippen molar-refractivity contribution in [3.05, 3.63) is 0 Å². The van der Waals surface area contributed by atoms with E-state index in [0.29, 0.717) is 13.1 Å². The van der Waals surface area contributed by atoms with Crippen LogP contribution in [0.2, 0.25) is 0 Å². The van der Waals surface area contributed by atoms with Crippen LogP contribution in [0.4, 0.5) is 0 Å². The molecule has 1 saturated heterocycles. The summed E-state index contributed by atoms with van der Waals surface area (Å²) in [6.07, 6.45) is 1.69. The van der Waals surface area contributed by atoms with Gasteiger partial charge in [0.15, 0.2) is 0 Å². The minimum absolute atomic E-state index is 0.0166. The molecule has 5 heteroatoms. The molecule has 0 radical (unpaired) electrons. The van der Waals surface area contributed by atoms with Crippen LogP contribution in [0.1, 0.15) is 19.8 Å². The normalized spacial score (nSPS) is 20.4. The number of hydrogen-bond acceptors (Lipinski definition) is 3. The van der Waals surface area contributed by atoms with Gasteiger partial charge in [-0.1, -0.05) is 6.92 Å². The average Bonchev–Trinajstić information content (AvgIpc) is 2.73. The van der Waals surface area contributed by atoms with Gasteiger partial charge in [0, 0.05) is 13.6 Å². The van der Waals surface area contributed by atoms with Crippen LogP contribution in [0, 0.1) is 0 Å². The molecular weight excluding hydrogens is 194 g/mol. The van der Waals surface area contributed by atoms with Crippen molar-refractivity contribution in [2.24, 2.45) is 0 Å². The summed E-state index contributed by atoms with van der Waals surface area (Å²) in [6, 6.07) is -0.263. The van der Waals surface area contributed by atoms with E-state index in [1.165, 1.54) is 0 Å². The van der Waals surface area contributed by atoms with Gasteiger partial charge in [0.2, 0.25) is 11.8 Å². The minimum Gasteiger partial charge on any atom is -0.357 e. The number of amides is 2. The monoisotopic (exact) mass is 213 g/mol. The lowest BCUT2D eigenvalue weighted by molar-refractivity contribution is -0.137. The summed E-state index contributed by atoms with van der Waals surface area (Å²) in [5, 5.41) is 5.57. The quantitative estimate of drug-likeness (QED) is 0.651. The SMILES string of the molecule is CCNCC(=O)N1CCCC1C(=O)NC. The van der Waals surface area contributed by atoms with E-state index < -0.39 is 0 Å². The van der Waals surface area contributed by atoms with Crippen molar-refractivity contribution in [1.82, 2.24) is 15.5 Å². The third-order valence-corrected chi connectivity index (χ3v) is 2.65. The maximum atomic E-state index is 11.7. The Hall–Kier alpha value is -1.10. The van der Waals surface area contributed by atoms with Crippen LogP contribution in [0.15, 0.2) is 0 Å². The van der Waals surface area contributed by atoms with Gasteiger partial charge in [0.1, 0.15) is 6.04 Å². The maximum absolute atomic E-state index is 11.7. The first-order valence-electron chi connectivity index (χ1n) is 5.42. The molecule has 86 valence electrons. The van der Waals surface area contributed by atoms with Crippen LogP contribution in [0.25, 0.3) is 0 Å². The van der Waals surface area contributed by atoms with Gasteiger partial charge in [-0.05, 0) is 19.4 Å². The first kappa shape index (κ1) is 12.0. The van der Waals surface area contributed by atoms with Gasteiger partial charge in [-0.25, -0.2) is 0 Å². The van der Waals surface area contributed by atoms with Gasteiger partial charge >= 0.3 is 0 Å². The predicted octanol–water partition coefficient (Wildman–Crippen LogP) is -0.667. The first-order chi connectivity index (χ1) is 7.20. The molecule has 1 aliphatic rings. The zero-order chi connectivity index (χ0) is 11.3. The summed E-state index contributed by atoms with van der Waals surface area (Å²) in [7, 11) is 1.60. The highest BCUT2D eigenvalue weighted by atomic mass is 16.2. The van der Waals surface area contributed by atoms with Crippen molar-refractivity contribution in [2.45, 2.75) is 25.8 Å². The lowest BCUT2D eigenvalue weighted by Gasteiger charge is -2.23. The average molecular weight is 213 g/mol. The van der Waals surface area contributed by atoms with Crippen LogP contribution in [0.5, 0.6) is 0 Å². The van der Waals surface area contributed by atoms with Crippen LogP contribution in [-0.4, -0.2) is 49.4 Å². The fourth-order valence-electron chi connectivity index (χ4n) is 1.84. The highest BCUT2D eigenvalue weighted by molar-refractivity contribution is 5.88. The van der Waals surface area contributed by atoms with Gasteiger partial charge in [-0.3, -0.25) is 9.59 Å². The third-order valence-electron chi connectivity index (χ3n) is 2.65. The van der Waals surface area contributed by atoms with E-state index in [4.69, 9.17) is 0 Å². The molecule has 15 heavy (non-hydrogen) atoms. The molecule has 1 aliphatic heterocycles. The molecule has 0 spiro atoms. The maximum Gasteiger partial charge on any atom is 0.242 e. The highest BCUT2D eigenvalue weighted by Crippen LogP contribution is 2.16. The van der Waals surface area contributed by atoms with Gasteiger partial charge in [-0.2, -0.15) is 0 Å². The zero-order valence-corrected chi connectivity index (χ0v) is 9.38. The fourth-order valence-corrected chi connectivity index (χ4v) is 1.84. The topological polar surface area (TPSA) is 61.4 Å². The summed E-state index contributed by atoms with van der Waals surface area (Å²) in [6.45, 7) is 3.74. The second kappa shape index (κ2) is 5.70. The number of hydrogen-bond donors (Lipinski definition) is 2. The van der Waals surface area contributed by atoms with Crippen LogP contribution < -0.4 is 10.6 Å². The molecule has 5 nitrogen and oxygen atoms in total. The molecule has 1 fully saturated rings. The van der Waals surface area contributed by atoms with Crippen LogP contribution >= 0.6 is 0 Å². The zero-order valence-electron chi connectivity index (χ0n) is 9.38. The standard InChI is InChI=1S/C10H19N3O2/c1-3-12-7-9(14)13-6-4-5-8(13)10(15)11-2/h8,12H,3-7H2,1-2H3,(H,11,15). The number of carbonyl (C=O) groups is 2. The van der Waals surface area contributed by atoms with E-state index >= 15 is 0 Å². The van der Waals surface area contributed by atoms with E-state index in [1.807, 2.05) is 6.92 Å². The molecule has 1 atom stereocenters. The van der Waals surface area contributed by atoms with Crippen LogP contribution in [-0.2, 0) is 9.59 Å². The minimum atomic E-state index is -0.263. The molecule has 0 aromatic carbocycles. The first-order valence-corrected chi connectivity index (χ1v) is 5.42. The molecule has 2 N–H and O–H groups in total. The summed E-state index contributed by atoms with van der Waals surface area (Å²) in [5.41, 5.74) is 0. The molecule has 0 aliphatic carbocycles. The van der Waals surface area contributed by atoms with Gasteiger partial charge in [-0.15, -0.1) is 0 Å². The Kier molecular flexibility index (Phi) is 4.55. The summed E-state index contributed by atoms with van der Waals surface area (Å²) in [4.78, 5) is 24.9. The molecule has 2 amide bonds. The number of likely N-dealkylation sites (N-methyl/N-ethyl adjacent to an activating group) is 2. The van der Waals surface area contributed by atoms with Crippen molar-refractivity contribution in [1.29, 1.82) is 0 Å². The van der Waals surface area contributed by atoms with E-state index in [2.05, 4.69) is 10.6 Å². The van der Waals surface area contributed by atoms with Gasteiger partial charge in [0.25, 0.3) is 0 Å². The van der Waals surface area contributed by atoms with Gasteiger partial charge < -0.3 is 15.5 Å². The largest absolute Gasteiger partial charge is 0.357 e. The number of likely N-dealkylation sites (tertiary alicyclic amines) is 1. The second-order valence-corrected chi connectivity index (χ2v) is 3.64. The number of rotatable bonds is 4. The van der Waals surface area contributed by atoms with E-state index in [9.17, 15) is 9.59 Å². The van der Waals surface area contributed by atoms with Crippen molar-refractivity contribution < 1.29 is 9.59 Å². The lowest BCUT2D eigenvalue weighted by atomic mass is 10.2. The van der Waals surface area contributed by atoms with Gasteiger partial charge in [0.05, 0.1) is 6.54 Å². The summed E-state index contributed by atoms with van der Waals surface area (Å²) >= 11 is 0. The molecule has 0 saturated carbocycles. The van der Waals surface area contributed by atoms with Crippen molar-refractivity contribution >= 4 is 11.8 Å². The van der Waals surface area contributed by atoms with Crippen molar-refractivity contribution in [3.63, 3.8) is 0 Å². The highest BCUT2D eigenvalue weighted by Gasteiger charge is 2.32. The second-order valence-electron chi connectivity index (χ2n) is 3.64. The predicted molar refractivity (Wildman–Crippen MR) is 57.3 cm³/mol. The van der Waals surface area contributed by atoms with Crippen molar-refractivity contribution in [2.75, 3.05) is 26.7 Å². The Labute approximate surface area is 90.2 Å². The molecular formula is C10H19N3O2. The Bertz CT molecular complexity index is 243. The van der Waals surface area contributed by atoms with E-state index in [1.54, 1.807) is 11.9 Å². The molecule has 0 aromatic rings. The Morgan fingerprint density at radius 1 is 1.47 bits per heavy atom. The Morgan fingerprint density at radius 2 is 2.20 bits per heavy atom. The smallest absolute Gasteiger partial charge is 0.242 e.